The normalized spacial score (nSPS) is 43.3. The number of benzene rings is 1. The highest BCUT2D eigenvalue weighted by Crippen LogP contribution is 2.71. The Morgan fingerprint density at radius 3 is 2.53 bits per heavy atom. The number of aliphatic hydroxyl groups excluding tert-OH is 1. The van der Waals surface area contributed by atoms with Crippen molar-refractivity contribution in [3.8, 4) is 0 Å². The lowest BCUT2D eigenvalue weighted by Gasteiger charge is -2.54. The molecule has 7 fully saturated rings. The topological polar surface area (TPSA) is 68.2 Å². The van der Waals surface area contributed by atoms with E-state index in [0.717, 1.165) is 54.9 Å². The summed E-state index contributed by atoms with van der Waals surface area (Å²) >= 11 is 0. The van der Waals surface area contributed by atoms with Gasteiger partial charge in [0.25, 0.3) is 0 Å². The molecule has 12 atom stereocenters. The highest BCUT2D eigenvalue weighted by atomic mass is 33.1. The molecule has 11 rings (SSSR count). The van der Waals surface area contributed by atoms with Crippen LogP contribution in [0.2, 0.25) is 0 Å². The van der Waals surface area contributed by atoms with Crippen molar-refractivity contribution >= 4 is 27.6 Å². The Balaban J connectivity index is 1.05. The molecule has 1 aromatic rings. The zero-order valence-electron chi connectivity index (χ0n) is 35.7. The maximum Gasteiger partial charge on any atom is 0.343 e. The number of ether oxygens (including phenoxy) is 3. The van der Waals surface area contributed by atoms with Gasteiger partial charge in [-0.1, -0.05) is 115 Å². The number of carbonyl (C=O) groups excluding carboxylic acids is 1. The first-order valence-electron chi connectivity index (χ1n) is 23.9. The van der Waals surface area contributed by atoms with Gasteiger partial charge in [-0.15, -0.1) is 0 Å². The number of carbonyl (C=O) groups is 1. The zero-order valence-corrected chi connectivity index (χ0v) is 37.4. The van der Waals surface area contributed by atoms with Crippen LogP contribution in [0, 0.1) is 52.8 Å². The number of aliphatic hydroxyl groups is 1. The standard InChI is InChI=1S/C51H67NO5S2/c1-30-42-40-26-38-39-28-50(43(38)33-15-6-4-7-16-33)23-20-36(27-50)51(21-10-5-11-22-51)59-58-29-35-19-18-34(32-13-8-9-14-32)25-37(35)45(53)44(39)52(40)24-12-17-41(42)56-47(30)48-46(55-3)31(2)49(54)57-48/h4,6-7,15-17,19,30,32,34,36-40,42-45,53H,5,8-14,18,20-29H2,1-3H3/t30-,34-,36-,37+,38-,39-,40-,42+,43-,44+,45+,50-/m1/s1. The Labute approximate surface area is 361 Å². The molecule has 1 aromatic carbocycles. The van der Waals surface area contributed by atoms with Crippen LogP contribution in [0.15, 0.2) is 76.7 Å². The lowest BCUT2D eigenvalue weighted by atomic mass is 9.64. The van der Waals surface area contributed by atoms with Crippen LogP contribution in [0.1, 0.15) is 134 Å². The van der Waals surface area contributed by atoms with E-state index in [0.29, 0.717) is 45.5 Å². The van der Waals surface area contributed by atoms with Crippen LogP contribution >= 0.6 is 21.6 Å². The number of piperidine rings is 1. The number of allylic oxidation sites excluding steroid dienone is 2. The van der Waals surface area contributed by atoms with Gasteiger partial charge in [-0.25, -0.2) is 4.79 Å². The molecule has 5 heterocycles. The van der Waals surface area contributed by atoms with Crippen molar-refractivity contribution in [2.45, 2.75) is 152 Å². The van der Waals surface area contributed by atoms with Crippen LogP contribution in [0.4, 0.5) is 0 Å². The van der Waals surface area contributed by atoms with Gasteiger partial charge in [-0.2, -0.15) is 0 Å². The Morgan fingerprint density at radius 2 is 1.73 bits per heavy atom. The average molecular weight is 838 g/mol. The van der Waals surface area contributed by atoms with Crippen molar-refractivity contribution in [3.63, 3.8) is 0 Å². The van der Waals surface area contributed by atoms with Crippen molar-refractivity contribution in [2.75, 3.05) is 19.4 Å². The van der Waals surface area contributed by atoms with Crippen molar-refractivity contribution < 1.29 is 24.1 Å². The summed E-state index contributed by atoms with van der Waals surface area (Å²) in [6, 6.07) is 12.0. The molecule has 10 aliphatic rings. The molecule has 2 spiro atoms. The molecule has 0 aromatic heterocycles. The second-order valence-corrected chi connectivity index (χ2v) is 23.6. The van der Waals surface area contributed by atoms with E-state index in [1.54, 1.807) is 25.2 Å². The predicted octanol–water partition coefficient (Wildman–Crippen LogP) is 11.5. The molecule has 59 heavy (non-hydrogen) atoms. The maximum absolute atomic E-state index is 13.7. The molecule has 5 aliphatic carbocycles. The summed E-state index contributed by atoms with van der Waals surface area (Å²) in [5.41, 5.74) is 3.85. The summed E-state index contributed by atoms with van der Waals surface area (Å²) < 4.78 is 19.0. The maximum atomic E-state index is 13.7. The zero-order chi connectivity index (χ0) is 40.0. The highest BCUT2D eigenvalue weighted by molar-refractivity contribution is 8.77. The molecule has 1 N–H and O–H groups in total. The number of fused-ring (bicyclic) bond motifs is 7. The van der Waals surface area contributed by atoms with E-state index in [1.165, 1.54) is 89.9 Å². The van der Waals surface area contributed by atoms with E-state index in [-0.39, 0.29) is 41.2 Å². The van der Waals surface area contributed by atoms with Gasteiger partial charge in [-0.05, 0) is 124 Å². The predicted molar refractivity (Wildman–Crippen MR) is 237 cm³/mol. The van der Waals surface area contributed by atoms with E-state index < -0.39 is 6.10 Å². The molecule has 0 unspecified atom stereocenters. The fourth-order valence-corrected chi connectivity index (χ4v) is 19.6. The third kappa shape index (κ3) is 6.42. The van der Waals surface area contributed by atoms with Crippen LogP contribution < -0.4 is 0 Å². The fraction of sp³-hybridized carbons (Fsp3) is 0.706. The minimum atomic E-state index is -0.405. The van der Waals surface area contributed by atoms with Crippen LogP contribution in [0.3, 0.4) is 0 Å². The first kappa shape index (κ1) is 39.7. The van der Waals surface area contributed by atoms with Gasteiger partial charge in [0.2, 0.25) is 5.76 Å². The number of nitrogens with zero attached hydrogens (tertiary/aromatic N) is 1. The van der Waals surface area contributed by atoms with Gasteiger partial charge in [-0.3, -0.25) is 4.90 Å². The van der Waals surface area contributed by atoms with Crippen molar-refractivity contribution in [2.24, 2.45) is 52.8 Å². The van der Waals surface area contributed by atoms with Crippen LogP contribution in [0.5, 0.6) is 0 Å². The van der Waals surface area contributed by atoms with E-state index in [1.807, 2.05) is 0 Å². The SMILES string of the molecule is COC1=C(C)C(=O)OC1=C1OC2=CCCN3[C@@H]4[C@@H](O)[C@H]5C[C@H](C6CCCC6)CC=C5CSSC5(CCCCC5)[C@@H]5CC[C@]6(C[C@@H]4[C@@H](C[C@@H]3[C@@H]2[C@H]1C)[C@H]6c1ccccc1)C5. The van der Waals surface area contributed by atoms with E-state index in [9.17, 15) is 9.90 Å². The molecule has 3 bridgehead atoms. The van der Waals surface area contributed by atoms with Gasteiger partial charge in [0.15, 0.2) is 11.5 Å². The second-order valence-electron chi connectivity index (χ2n) is 20.9. The minimum absolute atomic E-state index is 0.00325. The van der Waals surface area contributed by atoms with E-state index >= 15 is 0 Å². The Kier molecular flexibility index (Phi) is 10.5. The average Bonchev–Trinajstić information content (AvgIpc) is 4.08. The summed E-state index contributed by atoms with van der Waals surface area (Å²) in [4.78, 5) is 15.8. The summed E-state index contributed by atoms with van der Waals surface area (Å²) in [6.45, 7) is 5.02. The number of hydrogen-bond donors (Lipinski definition) is 1. The number of cyclic esters (lactones) is 1. The monoisotopic (exact) mass is 837 g/mol. The molecule has 0 radical (unpaired) electrons. The molecule has 8 heteroatoms. The molecule has 4 saturated carbocycles. The van der Waals surface area contributed by atoms with Crippen molar-refractivity contribution in [1.29, 1.82) is 0 Å². The van der Waals surface area contributed by atoms with Gasteiger partial charge in [0.1, 0.15) is 5.76 Å². The third-order valence-corrected chi connectivity index (χ3v) is 21.8. The summed E-state index contributed by atoms with van der Waals surface area (Å²) in [7, 11) is 6.11. The first-order valence-corrected chi connectivity index (χ1v) is 26.2. The molecule has 6 nitrogen and oxygen atoms in total. The lowest BCUT2D eigenvalue weighted by Crippen LogP contribution is -2.62. The van der Waals surface area contributed by atoms with Crippen molar-refractivity contribution in [1.82, 2.24) is 4.90 Å². The van der Waals surface area contributed by atoms with Crippen LogP contribution in [0.25, 0.3) is 0 Å². The molecular formula is C51H67NO5S2. The molecule has 3 saturated heterocycles. The number of methoxy groups -OCH3 is 1. The van der Waals surface area contributed by atoms with Gasteiger partial charge < -0.3 is 19.3 Å². The van der Waals surface area contributed by atoms with Crippen molar-refractivity contribution in [3.05, 3.63) is 82.2 Å². The van der Waals surface area contributed by atoms with Crippen LogP contribution in [-0.2, 0) is 19.0 Å². The molecule has 318 valence electrons. The Bertz CT molecular complexity index is 1930. The van der Waals surface area contributed by atoms with Gasteiger partial charge in [0, 0.05) is 46.9 Å². The number of hydrogen-bond acceptors (Lipinski definition) is 8. The van der Waals surface area contributed by atoms with Gasteiger partial charge in [0.05, 0.1) is 18.8 Å². The quantitative estimate of drug-likeness (QED) is 0.183. The number of esters is 1. The summed E-state index contributed by atoms with van der Waals surface area (Å²) in [6.07, 6.45) is 26.6. The summed E-state index contributed by atoms with van der Waals surface area (Å²) in [5, 5.41) is 13.7. The largest absolute Gasteiger partial charge is 0.492 e. The Morgan fingerprint density at radius 1 is 0.915 bits per heavy atom. The second kappa shape index (κ2) is 15.6. The van der Waals surface area contributed by atoms with Crippen LogP contribution in [-0.4, -0.2) is 58.3 Å². The highest BCUT2D eigenvalue weighted by Gasteiger charge is 2.65. The minimum Gasteiger partial charge on any atom is -0.492 e. The third-order valence-electron chi connectivity index (χ3n) is 18.4. The smallest absolute Gasteiger partial charge is 0.343 e. The fourth-order valence-electron chi connectivity index (χ4n) is 15.9. The lowest BCUT2D eigenvalue weighted by molar-refractivity contribution is -0.133. The summed E-state index contributed by atoms with van der Waals surface area (Å²) in [5.74, 6) is 7.43. The van der Waals surface area contributed by atoms with E-state index in [2.05, 4.69) is 75.9 Å². The molecule has 0 amide bonds. The molecule has 5 aliphatic heterocycles. The van der Waals surface area contributed by atoms with Gasteiger partial charge >= 0.3 is 5.97 Å². The molecular weight excluding hydrogens is 771 g/mol. The first-order chi connectivity index (χ1) is 28.8. The van der Waals surface area contributed by atoms with E-state index in [4.69, 9.17) is 14.2 Å². The Hall–Kier alpha value is -2.13. The number of rotatable bonds is 3.